The summed E-state index contributed by atoms with van der Waals surface area (Å²) in [4.78, 5) is 15.8. The summed E-state index contributed by atoms with van der Waals surface area (Å²) in [5.74, 6) is 1.52. The summed E-state index contributed by atoms with van der Waals surface area (Å²) in [6, 6.07) is 3.59. The molecular formula is C17H22N4O3. The summed E-state index contributed by atoms with van der Waals surface area (Å²) in [7, 11) is 0. The highest BCUT2D eigenvalue weighted by atomic mass is 16.6. The van der Waals surface area contributed by atoms with Crippen LogP contribution < -0.4 is 25.8 Å². The van der Waals surface area contributed by atoms with Crippen LogP contribution in [0.15, 0.2) is 29.7 Å². The zero-order chi connectivity index (χ0) is 17.5. The van der Waals surface area contributed by atoms with Gasteiger partial charge >= 0.3 is 0 Å². The van der Waals surface area contributed by atoms with Crippen LogP contribution in [-0.4, -0.2) is 29.1 Å². The van der Waals surface area contributed by atoms with Gasteiger partial charge in [-0.05, 0) is 32.9 Å². The van der Waals surface area contributed by atoms with Gasteiger partial charge in [0.2, 0.25) is 5.91 Å². The molecule has 0 bridgehead atoms. The number of carbonyl (C=O) groups excluding carboxylic acids is 1. The fraction of sp³-hybridized carbons (Fsp3) is 0.412. The lowest BCUT2D eigenvalue weighted by Gasteiger charge is -2.32. The van der Waals surface area contributed by atoms with E-state index in [2.05, 4.69) is 15.6 Å². The van der Waals surface area contributed by atoms with Crippen LogP contribution in [0.3, 0.4) is 0 Å². The van der Waals surface area contributed by atoms with Gasteiger partial charge in [-0.1, -0.05) is 0 Å². The molecule has 7 heteroatoms. The van der Waals surface area contributed by atoms with Gasteiger partial charge in [0.05, 0.1) is 11.7 Å². The number of nitrogens with two attached hydrogens (primary N) is 1. The van der Waals surface area contributed by atoms with Gasteiger partial charge in [0, 0.05) is 24.3 Å². The van der Waals surface area contributed by atoms with Crippen LogP contribution in [0.1, 0.15) is 33.4 Å². The van der Waals surface area contributed by atoms with Crippen LogP contribution in [0.25, 0.3) is 5.57 Å². The summed E-state index contributed by atoms with van der Waals surface area (Å²) in [6.45, 7) is 7.79. The van der Waals surface area contributed by atoms with E-state index in [4.69, 9.17) is 15.2 Å². The number of nitrogens with one attached hydrogen (secondary N) is 2. The smallest absolute Gasteiger partial charge is 0.258 e. The van der Waals surface area contributed by atoms with E-state index in [1.807, 2.05) is 32.9 Å². The fourth-order valence-corrected chi connectivity index (χ4v) is 2.77. The fourth-order valence-electron chi connectivity index (χ4n) is 2.77. The Balaban J connectivity index is 1.97. The van der Waals surface area contributed by atoms with Gasteiger partial charge in [-0.15, -0.1) is 0 Å². The van der Waals surface area contributed by atoms with E-state index in [1.165, 1.54) is 6.92 Å². The Labute approximate surface area is 140 Å². The molecule has 1 aromatic rings. The highest BCUT2D eigenvalue weighted by Crippen LogP contribution is 2.35. The molecule has 4 N–H and O–H groups in total. The number of aromatic nitrogens is 1. The lowest BCUT2D eigenvalue weighted by molar-refractivity contribution is -0.118. The Bertz CT molecular complexity index is 752. The van der Waals surface area contributed by atoms with Crippen LogP contribution in [-0.2, 0) is 4.79 Å². The minimum atomic E-state index is -0.423. The third-order valence-electron chi connectivity index (χ3n) is 3.78. The van der Waals surface area contributed by atoms with E-state index >= 15 is 0 Å². The molecule has 7 nitrogen and oxygen atoms in total. The van der Waals surface area contributed by atoms with E-state index in [9.17, 15) is 4.79 Å². The zero-order valence-electron chi connectivity index (χ0n) is 14.3. The van der Waals surface area contributed by atoms with E-state index in [0.29, 0.717) is 35.4 Å². The molecule has 1 atom stereocenters. The highest BCUT2D eigenvalue weighted by Gasteiger charge is 2.30. The van der Waals surface area contributed by atoms with Crippen molar-refractivity contribution in [2.45, 2.75) is 39.3 Å². The van der Waals surface area contributed by atoms with Crippen molar-refractivity contribution < 1.29 is 14.3 Å². The minimum absolute atomic E-state index is 0.111. The molecule has 1 unspecified atom stereocenters. The molecule has 0 fully saturated rings. The SMILES string of the molecule is CC(=O)NC1=CC(N)=C(c2ccc3c(n2)OC(C)(C)CO3)C(C)N1. The van der Waals surface area contributed by atoms with Crippen LogP contribution in [0, 0.1) is 0 Å². The van der Waals surface area contributed by atoms with E-state index < -0.39 is 5.60 Å². The molecule has 1 aromatic heterocycles. The summed E-state index contributed by atoms with van der Waals surface area (Å²) in [5.41, 5.74) is 7.88. The van der Waals surface area contributed by atoms with E-state index in [1.54, 1.807) is 6.08 Å². The van der Waals surface area contributed by atoms with E-state index in [0.717, 1.165) is 5.57 Å². The number of rotatable bonds is 2. The van der Waals surface area contributed by atoms with Crippen LogP contribution in [0.5, 0.6) is 11.6 Å². The molecule has 0 radical (unpaired) electrons. The first-order chi connectivity index (χ1) is 11.2. The molecule has 1 amide bonds. The zero-order valence-corrected chi connectivity index (χ0v) is 14.3. The van der Waals surface area contributed by atoms with Crippen molar-refractivity contribution in [3.8, 4) is 11.6 Å². The molecule has 0 aromatic carbocycles. The second-order valence-electron chi connectivity index (χ2n) is 6.62. The average molecular weight is 330 g/mol. The lowest BCUT2D eigenvalue weighted by Crippen LogP contribution is -2.40. The topological polar surface area (TPSA) is 98.5 Å². The number of dihydropyridines is 1. The van der Waals surface area contributed by atoms with Gasteiger partial charge in [-0.25, -0.2) is 4.98 Å². The van der Waals surface area contributed by atoms with Crippen LogP contribution >= 0.6 is 0 Å². The predicted octanol–water partition coefficient (Wildman–Crippen LogP) is 1.27. The first kappa shape index (κ1) is 16.2. The highest BCUT2D eigenvalue weighted by molar-refractivity contribution is 5.78. The van der Waals surface area contributed by atoms with Crippen molar-refractivity contribution in [3.05, 3.63) is 35.4 Å². The van der Waals surface area contributed by atoms with Gasteiger partial charge in [0.25, 0.3) is 5.88 Å². The van der Waals surface area contributed by atoms with Gasteiger partial charge in [-0.3, -0.25) is 4.79 Å². The van der Waals surface area contributed by atoms with Crippen molar-refractivity contribution in [1.82, 2.24) is 15.6 Å². The van der Waals surface area contributed by atoms with Gasteiger partial charge in [0.1, 0.15) is 18.0 Å². The number of allylic oxidation sites excluding steroid dienone is 1. The Morgan fingerprint density at radius 3 is 2.88 bits per heavy atom. The van der Waals surface area contributed by atoms with Gasteiger partial charge < -0.3 is 25.8 Å². The first-order valence-corrected chi connectivity index (χ1v) is 7.84. The Kier molecular flexibility index (Phi) is 3.87. The van der Waals surface area contributed by atoms with Crippen molar-refractivity contribution in [2.24, 2.45) is 5.73 Å². The average Bonchev–Trinajstić information content (AvgIpc) is 2.44. The second-order valence-corrected chi connectivity index (χ2v) is 6.62. The van der Waals surface area contributed by atoms with Gasteiger partial charge in [0.15, 0.2) is 5.75 Å². The van der Waals surface area contributed by atoms with Crippen molar-refractivity contribution in [2.75, 3.05) is 6.61 Å². The standard InChI is InChI=1S/C17H22N4O3/c1-9-15(11(18)7-14(19-9)20-10(2)22)12-5-6-13-16(21-12)24-17(3,4)8-23-13/h5-7,9,19H,8,18H2,1-4H3,(H,20,22). The Hall–Kier alpha value is -2.70. The maximum atomic E-state index is 11.2. The molecule has 2 aliphatic rings. The molecule has 2 aliphatic heterocycles. The van der Waals surface area contributed by atoms with Crippen LogP contribution in [0.4, 0.5) is 0 Å². The molecule has 0 aliphatic carbocycles. The molecule has 24 heavy (non-hydrogen) atoms. The van der Waals surface area contributed by atoms with Crippen molar-refractivity contribution in [1.29, 1.82) is 0 Å². The molecule has 0 saturated heterocycles. The lowest BCUT2D eigenvalue weighted by atomic mass is 9.99. The molecule has 0 spiro atoms. The third-order valence-corrected chi connectivity index (χ3v) is 3.78. The quantitative estimate of drug-likeness (QED) is 0.755. The number of fused-ring (bicyclic) bond motifs is 1. The molecular weight excluding hydrogens is 308 g/mol. The van der Waals surface area contributed by atoms with Crippen molar-refractivity contribution in [3.63, 3.8) is 0 Å². The molecule has 3 rings (SSSR count). The monoisotopic (exact) mass is 330 g/mol. The molecule has 3 heterocycles. The summed E-state index contributed by atoms with van der Waals surface area (Å²) in [5, 5.41) is 5.91. The number of hydrogen-bond donors (Lipinski definition) is 3. The van der Waals surface area contributed by atoms with Gasteiger partial charge in [-0.2, -0.15) is 0 Å². The summed E-state index contributed by atoms with van der Waals surface area (Å²) < 4.78 is 11.6. The maximum absolute atomic E-state index is 11.2. The maximum Gasteiger partial charge on any atom is 0.258 e. The first-order valence-electron chi connectivity index (χ1n) is 7.84. The number of ether oxygens (including phenoxy) is 2. The number of amides is 1. The third kappa shape index (κ3) is 3.15. The number of nitrogens with zero attached hydrogens (tertiary/aromatic N) is 1. The number of carbonyl (C=O) groups is 1. The predicted molar refractivity (Wildman–Crippen MR) is 90.0 cm³/mol. The van der Waals surface area contributed by atoms with Crippen LogP contribution in [0.2, 0.25) is 0 Å². The Morgan fingerprint density at radius 2 is 2.21 bits per heavy atom. The largest absolute Gasteiger partial charge is 0.484 e. The molecule has 0 saturated carbocycles. The summed E-state index contributed by atoms with van der Waals surface area (Å²) in [6.07, 6.45) is 1.69. The van der Waals surface area contributed by atoms with Crippen molar-refractivity contribution >= 4 is 11.5 Å². The molecule has 128 valence electrons. The van der Waals surface area contributed by atoms with E-state index in [-0.39, 0.29) is 11.9 Å². The minimum Gasteiger partial charge on any atom is -0.484 e. The summed E-state index contributed by atoms with van der Waals surface area (Å²) >= 11 is 0. The second kappa shape index (κ2) is 5.74. The Morgan fingerprint density at radius 1 is 1.46 bits per heavy atom. The number of pyridine rings is 1. The number of hydrogen-bond acceptors (Lipinski definition) is 6. The normalized spacial score (nSPS) is 21.7.